The Bertz CT molecular complexity index is 545. The molecule has 0 saturated heterocycles. The monoisotopic (exact) mass is 306 g/mol. The van der Waals surface area contributed by atoms with Crippen molar-refractivity contribution in [3.05, 3.63) is 35.6 Å². The summed E-state index contributed by atoms with van der Waals surface area (Å²) in [7, 11) is 0. The van der Waals surface area contributed by atoms with E-state index in [-0.39, 0.29) is 36.0 Å². The van der Waals surface area contributed by atoms with E-state index in [1.54, 1.807) is 18.2 Å². The van der Waals surface area contributed by atoms with E-state index >= 15 is 0 Å². The van der Waals surface area contributed by atoms with Crippen LogP contribution in [0, 0.1) is 23.6 Å². The van der Waals surface area contributed by atoms with Gasteiger partial charge in [-0.15, -0.1) is 0 Å². The summed E-state index contributed by atoms with van der Waals surface area (Å²) in [5.41, 5.74) is 0.453. The lowest BCUT2D eigenvalue weighted by Gasteiger charge is -2.08. The molecule has 22 heavy (non-hydrogen) atoms. The fourth-order valence-electron chi connectivity index (χ4n) is 2.34. The van der Waals surface area contributed by atoms with E-state index in [1.807, 2.05) is 0 Å². The summed E-state index contributed by atoms with van der Waals surface area (Å²) in [4.78, 5) is 23.9. The van der Waals surface area contributed by atoms with Crippen LogP contribution >= 0.6 is 0 Å². The van der Waals surface area contributed by atoms with Crippen molar-refractivity contribution >= 4 is 11.8 Å². The highest BCUT2D eigenvalue weighted by atomic mass is 19.1. The molecule has 5 heteroatoms. The average Bonchev–Trinajstić information content (AvgIpc) is 3.26. The third-order valence-electron chi connectivity index (χ3n) is 3.90. The number of hydrogen-bond acceptors (Lipinski definition) is 2. The Morgan fingerprint density at radius 1 is 1.18 bits per heavy atom. The Morgan fingerprint density at radius 3 is 2.45 bits per heavy atom. The number of amides is 2. The van der Waals surface area contributed by atoms with Crippen LogP contribution < -0.4 is 10.6 Å². The first-order valence-corrected chi connectivity index (χ1v) is 7.78. The van der Waals surface area contributed by atoms with Crippen LogP contribution in [0.4, 0.5) is 4.39 Å². The maximum absolute atomic E-state index is 13.5. The first-order chi connectivity index (χ1) is 10.5. The van der Waals surface area contributed by atoms with E-state index in [0.717, 1.165) is 6.42 Å². The van der Waals surface area contributed by atoms with Crippen LogP contribution in [0.5, 0.6) is 0 Å². The summed E-state index contributed by atoms with van der Waals surface area (Å²) < 4.78 is 13.5. The Hall–Kier alpha value is -1.91. The molecule has 1 fully saturated rings. The second kappa shape index (κ2) is 7.38. The van der Waals surface area contributed by atoms with Gasteiger partial charge in [0.2, 0.25) is 11.8 Å². The van der Waals surface area contributed by atoms with Gasteiger partial charge >= 0.3 is 0 Å². The number of hydrogen-bond donors (Lipinski definition) is 2. The summed E-state index contributed by atoms with van der Waals surface area (Å²) in [6.45, 7) is 5.00. The maximum Gasteiger partial charge on any atom is 0.224 e. The highest BCUT2D eigenvalue weighted by molar-refractivity contribution is 5.92. The van der Waals surface area contributed by atoms with Gasteiger partial charge < -0.3 is 10.6 Å². The topological polar surface area (TPSA) is 58.2 Å². The molecule has 0 radical (unpaired) electrons. The Labute approximate surface area is 130 Å². The molecule has 2 N–H and O–H groups in total. The van der Waals surface area contributed by atoms with Crippen molar-refractivity contribution in [1.29, 1.82) is 0 Å². The summed E-state index contributed by atoms with van der Waals surface area (Å²) in [6, 6.07) is 6.34. The van der Waals surface area contributed by atoms with E-state index in [0.29, 0.717) is 24.4 Å². The average molecular weight is 306 g/mol. The minimum Gasteiger partial charge on any atom is -0.356 e. The van der Waals surface area contributed by atoms with Crippen molar-refractivity contribution in [2.45, 2.75) is 33.2 Å². The fourth-order valence-corrected chi connectivity index (χ4v) is 2.34. The SMILES string of the molecule is CC(C)CCNC(=O)C1CC1C(=O)NCc1ccccc1F. The van der Waals surface area contributed by atoms with Crippen molar-refractivity contribution in [3.8, 4) is 0 Å². The van der Waals surface area contributed by atoms with Crippen molar-refractivity contribution in [2.24, 2.45) is 17.8 Å². The number of benzene rings is 1. The van der Waals surface area contributed by atoms with Crippen molar-refractivity contribution < 1.29 is 14.0 Å². The maximum atomic E-state index is 13.5. The quantitative estimate of drug-likeness (QED) is 0.811. The summed E-state index contributed by atoms with van der Waals surface area (Å²) in [6.07, 6.45) is 1.51. The van der Waals surface area contributed by atoms with Crippen molar-refractivity contribution in [1.82, 2.24) is 10.6 Å². The second-order valence-corrected chi connectivity index (χ2v) is 6.23. The summed E-state index contributed by atoms with van der Waals surface area (Å²) >= 11 is 0. The van der Waals surface area contributed by atoms with E-state index in [1.165, 1.54) is 6.07 Å². The highest BCUT2D eigenvalue weighted by Gasteiger charge is 2.47. The van der Waals surface area contributed by atoms with Gasteiger partial charge in [-0.1, -0.05) is 32.0 Å². The van der Waals surface area contributed by atoms with E-state index in [2.05, 4.69) is 24.5 Å². The van der Waals surface area contributed by atoms with Gasteiger partial charge in [-0.3, -0.25) is 9.59 Å². The molecule has 1 aromatic carbocycles. The molecule has 0 bridgehead atoms. The number of rotatable bonds is 7. The van der Waals surface area contributed by atoms with Crippen LogP contribution in [0.2, 0.25) is 0 Å². The molecule has 2 atom stereocenters. The van der Waals surface area contributed by atoms with Crippen LogP contribution in [0.1, 0.15) is 32.3 Å². The van der Waals surface area contributed by atoms with Gasteiger partial charge in [-0.2, -0.15) is 0 Å². The van der Waals surface area contributed by atoms with E-state index in [4.69, 9.17) is 0 Å². The molecular weight excluding hydrogens is 283 g/mol. The largest absolute Gasteiger partial charge is 0.356 e. The number of halogens is 1. The van der Waals surface area contributed by atoms with Gasteiger partial charge in [0.25, 0.3) is 0 Å². The molecule has 1 saturated carbocycles. The summed E-state index contributed by atoms with van der Waals surface area (Å²) in [5, 5.41) is 5.57. The van der Waals surface area contributed by atoms with Gasteiger partial charge in [0, 0.05) is 18.7 Å². The minimum absolute atomic E-state index is 0.0494. The first-order valence-electron chi connectivity index (χ1n) is 7.78. The smallest absolute Gasteiger partial charge is 0.224 e. The fraction of sp³-hybridized carbons (Fsp3) is 0.529. The van der Waals surface area contributed by atoms with E-state index < -0.39 is 0 Å². The van der Waals surface area contributed by atoms with Crippen LogP contribution in [0.25, 0.3) is 0 Å². The standard InChI is InChI=1S/C17H23FN2O2/c1-11(2)7-8-19-16(21)13-9-14(13)17(22)20-10-12-5-3-4-6-15(12)18/h3-6,11,13-14H,7-10H2,1-2H3,(H,19,21)(H,20,22). The van der Waals surface area contributed by atoms with Crippen LogP contribution in [0.3, 0.4) is 0 Å². The molecule has 120 valence electrons. The molecule has 0 aromatic heterocycles. The van der Waals surface area contributed by atoms with Gasteiger partial charge in [-0.05, 0) is 24.8 Å². The molecule has 1 aliphatic carbocycles. The van der Waals surface area contributed by atoms with Crippen molar-refractivity contribution in [2.75, 3.05) is 6.54 Å². The third kappa shape index (κ3) is 4.55. The Kier molecular flexibility index (Phi) is 5.52. The lowest BCUT2D eigenvalue weighted by molar-refractivity contribution is -0.127. The molecule has 2 amide bonds. The summed E-state index contributed by atoms with van der Waals surface area (Å²) in [5.74, 6) is -0.515. The molecule has 4 nitrogen and oxygen atoms in total. The molecule has 1 aromatic rings. The Balaban J connectivity index is 1.72. The predicted molar refractivity (Wildman–Crippen MR) is 82.3 cm³/mol. The zero-order valence-corrected chi connectivity index (χ0v) is 13.1. The van der Waals surface area contributed by atoms with Crippen LogP contribution in [0.15, 0.2) is 24.3 Å². The molecular formula is C17H23FN2O2. The lowest BCUT2D eigenvalue weighted by Crippen LogP contribution is -2.31. The van der Waals surface area contributed by atoms with Crippen molar-refractivity contribution in [3.63, 3.8) is 0 Å². The highest BCUT2D eigenvalue weighted by Crippen LogP contribution is 2.38. The molecule has 1 aliphatic rings. The number of carbonyl (C=O) groups excluding carboxylic acids is 2. The minimum atomic E-state index is -0.332. The second-order valence-electron chi connectivity index (χ2n) is 6.23. The Morgan fingerprint density at radius 2 is 1.82 bits per heavy atom. The van der Waals surface area contributed by atoms with Gasteiger partial charge in [-0.25, -0.2) is 4.39 Å². The first kappa shape index (κ1) is 16.5. The molecule has 2 rings (SSSR count). The molecule has 2 unspecified atom stereocenters. The van der Waals surface area contributed by atoms with Crippen LogP contribution in [-0.2, 0) is 16.1 Å². The zero-order valence-electron chi connectivity index (χ0n) is 13.1. The molecule has 0 heterocycles. The third-order valence-corrected chi connectivity index (χ3v) is 3.90. The number of nitrogens with one attached hydrogen (secondary N) is 2. The normalized spacial score (nSPS) is 19.8. The van der Waals surface area contributed by atoms with Gasteiger partial charge in [0.1, 0.15) is 5.82 Å². The van der Waals surface area contributed by atoms with Gasteiger partial charge in [0.05, 0.1) is 11.8 Å². The molecule has 0 spiro atoms. The molecule has 0 aliphatic heterocycles. The lowest BCUT2D eigenvalue weighted by atomic mass is 10.1. The zero-order chi connectivity index (χ0) is 16.1. The van der Waals surface area contributed by atoms with E-state index in [9.17, 15) is 14.0 Å². The van der Waals surface area contributed by atoms with Gasteiger partial charge in [0.15, 0.2) is 0 Å². The van der Waals surface area contributed by atoms with Crippen LogP contribution in [-0.4, -0.2) is 18.4 Å². The number of carbonyl (C=O) groups is 2. The predicted octanol–water partition coefficient (Wildman–Crippen LogP) is 2.24.